The molecule has 1 aliphatic heterocycles. The van der Waals surface area contributed by atoms with Gasteiger partial charge in [-0.05, 0) is 13.8 Å². The van der Waals surface area contributed by atoms with E-state index in [1.807, 2.05) is 13.0 Å². The normalized spacial score (nSPS) is 18.4. The maximum Gasteiger partial charge on any atom is 0.327 e. The first-order valence-corrected chi connectivity index (χ1v) is 7.58. The van der Waals surface area contributed by atoms with Gasteiger partial charge in [-0.2, -0.15) is 5.10 Å². The minimum absolute atomic E-state index is 0.313. The van der Waals surface area contributed by atoms with Gasteiger partial charge in [-0.15, -0.1) is 11.8 Å². The fourth-order valence-corrected chi connectivity index (χ4v) is 3.52. The van der Waals surface area contributed by atoms with Crippen LogP contribution in [0.15, 0.2) is 12.3 Å². The summed E-state index contributed by atoms with van der Waals surface area (Å²) >= 11 is 1.44. The van der Waals surface area contributed by atoms with Crippen LogP contribution in [-0.4, -0.2) is 54.2 Å². The van der Waals surface area contributed by atoms with Crippen LogP contribution in [0.1, 0.15) is 21.7 Å². The molecule has 0 aliphatic carbocycles. The number of aliphatic carboxylic acids is 1. The third-order valence-electron chi connectivity index (χ3n) is 3.50. The molecule has 3 heterocycles. The molecule has 8 heteroatoms. The maximum absolute atomic E-state index is 12.6. The third kappa shape index (κ3) is 2.25. The monoisotopic (exact) mass is 306 g/mol. The van der Waals surface area contributed by atoms with Crippen molar-refractivity contribution >= 4 is 29.3 Å². The van der Waals surface area contributed by atoms with Crippen LogP contribution in [0, 0.1) is 13.8 Å². The Bertz CT molecular complexity index is 742. The molecule has 0 unspecified atom stereocenters. The highest BCUT2D eigenvalue weighted by Gasteiger charge is 2.35. The topological polar surface area (TPSA) is 87.8 Å². The van der Waals surface area contributed by atoms with Crippen LogP contribution in [0.4, 0.5) is 0 Å². The van der Waals surface area contributed by atoms with E-state index in [0.29, 0.717) is 28.5 Å². The summed E-state index contributed by atoms with van der Waals surface area (Å²) in [6, 6.07) is 1.05. The van der Waals surface area contributed by atoms with Crippen molar-refractivity contribution in [1.29, 1.82) is 0 Å². The Morgan fingerprint density at radius 1 is 1.43 bits per heavy atom. The molecule has 1 atom stereocenters. The van der Waals surface area contributed by atoms with Crippen molar-refractivity contribution in [3.05, 3.63) is 29.2 Å². The van der Waals surface area contributed by atoms with Gasteiger partial charge in [0.2, 0.25) is 0 Å². The lowest BCUT2D eigenvalue weighted by Crippen LogP contribution is -2.42. The average molecular weight is 306 g/mol. The summed E-state index contributed by atoms with van der Waals surface area (Å²) in [6.07, 6.45) is 1.50. The standard InChI is InChI=1S/C13H14N4O3S/c1-7-3-11-14-4-9(8(2)17(11)15-7)12(18)16-6-21-5-10(16)13(19)20/h3-4,10H,5-6H2,1-2H3,(H,19,20)/t10-/m0/s1. The molecule has 0 radical (unpaired) electrons. The number of hydrogen-bond acceptors (Lipinski definition) is 5. The lowest BCUT2D eigenvalue weighted by Gasteiger charge is -2.21. The predicted octanol–water partition coefficient (Wildman–Crippen LogP) is 0.946. The number of carboxylic acid groups (broad SMARTS) is 1. The maximum atomic E-state index is 12.6. The molecule has 0 bridgehead atoms. The van der Waals surface area contributed by atoms with E-state index in [4.69, 9.17) is 0 Å². The summed E-state index contributed by atoms with van der Waals surface area (Å²) < 4.78 is 1.61. The van der Waals surface area contributed by atoms with Crippen LogP contribution in [0.25, 0.3) is 5.65 Å². The Morgan fingerprint density at radius 2 is 2.19 bits per heavy atom. The van der Waals surface area contributed by atoms with Crippen molar-refractivity contribution in [2.75, 3.05) is 11.6 Å². The van der Waals surface area contributed by atoms with Crippen molar-refractivity contribution in [3.63, 3.8) is 0 Å². The summed E-state index contributed by atoms with van der Waals surface area (Å²) in [5, 5.41) is 13.5. The second-order valence-corrected chi connectivity index (χ2v) is 5.94. The van der Waals surface area contributed by atoms with Gasteiger partial charge in [-0.25, -0.2) is 14.3 Å². The molecule has 1 fully saturated rings. The summed E-state index contributed by atoms with van der Waals surface area (Å²) in [6.45, 7) is 3.64. The van der Waals surface area contributed by atoms with E-state index >= 15 is 0 Å². The third-order valence-corrected chi connectivity index (χ3v) is 4.52. The molecule has 21 heavy (non-hydrogen) atoms. The summed E-state index contributed by atoms with van der Waals surface area (Å²) in [7, 11) is 0. The number of rotatable bonds is 2. The SMILES string of the molecule is Cc1cc2ncc(C(=O)N3CSC[C@H]3C(=O)O)c(C)n2n1. The van der Waals surface area contributed by atoms with E-state index in [9.17, 15) is 14.7 Å². The van der Waals surface area contributed by atoms with E-state index in [0.717, 1.165) is 5.69 Å². The average Bonchev–Trinajstić information content (AvgIpc) is 3.04. The zero-order valence-corrected chi connectivity index (χ0v) is 12.4. The Hall–Kier alpha value is -2.09. The smallest absolute Gasteiger partial charge is 0.327 e. The number of aromatic nitrogens is 3. The van der Waals surface area contributed by atoms with E-state index < -0.39 is 12.0 Å². The van der Waals surface area contributed by atoms with Gasteiger partial charge in [-0.3, -0.25) is 4.79 Å². The first-order chi connectivity index (χ1) is 9.99. The quantitative estimate of drug-likeness (QED) is 0.888. The molecular formula is C13H14N4O3S. The molecule has 1 aliphatic rings. The molecule has 0 aromatic carbocycles. The molecular weight excluding hydrogens is 292 g/mol. The van der Waals surface area contributed by atoms with Gasteiger partial charge < -0.3 is 10.0 Å². The van der Waals surface area contributed by atoms with Crippen LogP contribution in [0.3, 0.4) is 0 Å². The van der Waals surface area contributed by atoms with E-state index in [1.165, 1.54) is 22.9 Å². The summed E-state index contributed by atoms with van der Waals surface area (Å²) in [5.74, 6) is -0.496. The minimum Gasteiger partial charge on any atom is -0.480 e. The van der Waals surface area contributed by atoms with Crippen LogP contribution >= 0.6 is 11.8 Å². The molecule has 0 spiro atoms. The minimum atomic E-state index is -0.977. The van der Waals surface area contributed by atoms with Gasteiger partial charge >= 0.3 is 5.97 Å². The summed E-state index contributed by atoms with van der Waals surface area (Å²) in [5.41, 5.74) is 2.54. The first-order valence-electron chi connectivity index (χ1n) is 6.42. The Kier molecular flexibility index (Phi) is 3.32. The lowest BCUT2D eigenvalue weighted by molar-refractivity contribution is -0.140. The van der Waals surface area contributed by atoms with Crippen molar-refractivity contribution in [1.82, 2.24) is 19.5 Å². The number of aryl methyl sites for hydroxylation is 2. The molecule has 2 aromatic heterocycles. The van der Waals surface area contributed by atoms with Crippen LogP contribution in [0.2, 0.25) is 0 Å². The molecule has 1 saturated heterocycles. The number of thioether (sulfide) groups is 1. The van der Waals surface area contributed by atoms with Gasteiger partial charge in [0.1, 0.15) is 6.04 Å². The predicted molar refractivity (Wildman–Crippen MR) is 77.4 cm³/mol. The van der Waals surface area contributed by atoms with Gasteiger partial charge in [0, 0.05) is 18.0 Å². The van der Waals surface area contributed by atoms with Crippen LogP contribution < -0.4 is 0 Å². The van der Waals surface area contributed by atoms with Crippen molar-refractivity contribution < 1.29 is 14.7 Å². The Morgan fingerprint density at radius 3 is 2.90 bits per heavy atom. The fourth-order valence-electron chi connectivity index (χ4n) is 2.37. The first kappa shape index (κ1) is 13.9. The number of amides is 1. The van der Waals surface area contributed by atoms with Gasteiger partial charge in [0.25, 0.3) is 5.91 Å². The molecule has 2 aromatic rings. The molecule has 3 rings (SSSR count). The highest BCUT2D eigenvalue weighted by Crippen LogP contribution is 2.24. The molecule has 7 nitrogen and oxygen atoms in total. The van der Waals surface area contributed by atoms with E-state index in [2.05, 4.69) is 10.1 Å². The number of carboxylic acids is 1. The van der Waals surface area contributed by atoms with E-state index in [-0.39, 0.29) is 5.91 Å². The largest absolute Gasteiger partial charge is 0.480 e. The number of fused-ring (bicyclic) bond motifs is 1. The Labute approximate surface area is 125 Å². The fraction of sp³-hybridized carbons (Fsp3) is 0.385. The molecule has 0 saturated carbocycles. The molecule has 1 amide bonds. The van der Waals surface area contributed by atoms with Gasteiger partial charge in [-0.1, -0.05) is 0 Å². The lowest BCUT2D eigenvalue weighted by atomic mass is 10.2. The zero-order chi connectivity index (χ0) is 15.1. The van der Waals surface area contributed by atoms with Gasteiger partial charge in [0.05, 0.1) is 22.8 Å². The Balaban J connectivity index is 2.01. The number of hydrogen-bond donors (Lipinski definition) is 1. The number of carbonyl (C=O) groups excluding carboxylic acids is 1. The highest BCUT2D eigenvalue weighted by molar-refractivity contribution is 7.99. The van der Waals surface area contributed by atoms with Crippen molar-refractivity contribution in [2.45, 2.75) is 19.9 Å². The highest BCUT2D eigenvalue weighted by atomic mass is 32.2. The number of nitrogens with zero attached hydrogens (tertiary/aromatic N) is 4. The molecule has 110 valence electrons. The van der Waals surface area contributed by atoms with Crippen LogP contribution in [0.5, 0.6) is 0 Å². The van der Waals surface area contributed by atoms with E-state index in [1.54, 1.807) is 11.4 Å². The van der Waals surface area contributed by atoms with Gasteiger partial charge in [0.15, 0.2) is 5.65 Å². The van der Waals surface area contributed by atoms with Crippen molar-refractivity contribution in [2.24, 2.45) is 0 Å². The number of carbonyl (C=O) groups is 2. The molecule has 1 N–H and O–H groups in total. The van der Waals surface area contributed by atoms with Crippen molar-refractivity contribution in [3.8, 4) is 0 Å². The second-order valence-electron chi connectivity index (χ2n) is 4.94. The van der Waals surface area contributed by atoms with Crippen LogP contribution in [-0.2, 0) is 4.79 Å². The zero-order valence-electron chi connectivity index (χ0n) is 11.6. The second kappa shape index (κ2) is 5.03. The summed E-state index contributed by atoms with van der Waals surface area (Å²) in [4.78, 5) is 29.4.